The highest BCUT2D eigenvalue weighted by Gasteiger charge is 2.20. The van der Waals surface area contributed by atoms with E-state index in [1.54, 1.807) is 0 Å². The van der Waals surface area contributed by atoms with Gasteiger partial charge in [0.2, 0.25) is 0 Å². The monoisotopic (exact) mass is 347 g/mol. The molecule has 27 heavy (non-hydrogen) atoms. The Morgan fingerprint density at radius 3 is 2.00 bits per heavy atom. The van der Waals surface area contributed by atoms with Gasteiger partial charge in [-0.1, -0.05) is 78.9 Å². The van der Waals surface area contributed by atoms with Gasteiger partial charge in [0.1, 0.15) is 11.4 Å². The maximum absolute atomic E-state index is 2.28. The van der Waals surface area contributed by atoms with Crippen LogP contribution in [0.15, 0.2) is 116 Å². The Kier molecular flexibility index (Phi) is 3.80. The number of fused-ring (bicyclic) bond motifs is 1. The quantitative estimate of drug-likeness (QED) is 0.377. The molecule has 0 atom stereocenters. The SMILES string of the molecule is c1ccc(-c2ccccc2-n2c[n+](-c3ccccc3)c3ccccc32)cc1. The van der Waals surface area contributed by atoms with Gasteiger partial charge in [-0.05, 0) is 35.9 Å². The molecule has 128 valence electrons. The van der Waals surface area contributed by atoms with Crippen LogP contribution in [0.5, 0.6) is 0 Å². The summed E-state index contributed by atoms with van der Waals surface area (Å²) in [6, 6.07) is 38.1. The first-order valence-corrected chi connectivity index (χ1v) is 9.14. The van der Waals surface area contributed by atoms with E-state index < -0.39 is 0 Å². The number of imidazole rings is 1. The largest absolute Gasteiger partial charge is 0.255 e. The fraction of sp³-hybridized carbons (Fsp3) is 0. The molecule has 0 fully saturated rings. The molecule has 2 heteroatoms. The number of nitrogens with zero attached hydrogens (tertiary/aromatic N) is 2. The van der Waals surface area contributed by atoms with Crippen molar-refractivity contribution in [2.24, 2.45) is 0 Å². The maximum atomic E-state index is 2.28. The third kappa shape index (κ3) is 2.72. The molecule has 0 bridgehead atoms. The third-order valence-electron chi connectivity index (χ3n) is 4.91. The second-order valence-corrected chi connectivity index (χ2v) is 6.56. The van der Waals surface area contributed by atoms with Crippen molar-refractivity contribution >= 4 is 11.0 Å². The highest BCUT2D eigenvalue weighted by molar-refractivity contribution is 5.80. The molecular weight excluding hydrogens is 328 g/mol. The van der Waals surface area contributed by atoms with Gasteiger partial charge in [0.25, 0.3) is 6.33 Å². The van der Waals surface area contributed by atoms with E-state index in [1.807, 2.05) is 6.07 Å². The molecule has 5 aromatic rings. The second kappa shape index (κ2) is 6.58. The van der Waals surface area contributed by atoms with Crippen molar-refractivity contribution in [1.82, 2.24) is 4.57 Å². The molecule has 0 saturated heterocycles. The van der Waals surface area contributed by atoms with Gasteiger partial charge in [0.05, 0.1) is 0 Å². The van der Waals surface area contributed by atoms with Gasteiger partial charge < -0.3 is 0 Å². The van der Waals surface area contributed by atoms with Crippen LogP contribution in [0.25, 0.3) is 33.5 Å². The first-order valence-electron chi connectivity index (χ1n) is 9.14. The lowest BCUT2D eigenvalue weighted by molar-refractivity contribution is -0.567. The Hall–Kier alpha value is -3.65. The molecule has 2 nitrogen and oxygen atoms in total. The lowest BCUT2D eigenvalue weighted by Crippen LogP contribution is -2.28. The van der Waals surface area contributed by atoms with Crippen molar-refractivity contribution in [2.45, 2.75) is 0 Å². The lowest BCUT2D eigenvalue weighted by Gasteiger charge is -2.06. The minimum Gasteiger partial charge on any atom is -0.195 e. The van der Waals surface area contributed by atoms with Crippen LogP contribution in [0, 0.1) is 0 Å². The van der Waals surface area contributed by atoms with Crippen molar-refractivity contribution in [3.63, 3.8) is 0 Å². The fourth-order valence-corrected chi connectivity index (χ4v) is 3.64. The van der Waals surface area contributed by atoms with Gasteiger partial charge in [0.15, 0.2) is 11.0 Å². The Morgan fingerprint density at radius 1 is 0.556 bits per heavy atom. The van der Waals surface area contributed by atoms with Crippen LogP contribution in [0.2, 0.25) is 0 Å². The van der Waals surface area contributed by atoms with E-state index in [2.05, 4.69) is 119 Å². The summed E-state index contributed by atoms with van der Waals surface area (Å²) in [4.78, 5) is 0. The first-order chi connectivity index (χ1) is 13.4. The smallest absolute Gasteiger partial charge is 0.195 e. The molecule has 0 aliphatic heterocycles. The van der Waals surface area contributed by atoms with E-state index in [4.69, 9.17) is 0 Å². The molecule has 0 radical (unpaired) electrons. The molecule has 1 heterocycles. The Balaban J connectivity index is 1.79. The molecule has 0 N–H and O–H groups in total. The van der Waals surface area contributed by atoms with Crippen LogP contribution in [-0.4, -0.2) is 4.57 Å². The van der Waals surface area contributed by atoms with E-state index in [0.29, 0.717) is 0 Å². The van der Waals surface area contributed by atoms with E-state index in [9.17, 15) is 0 Å². The zero-order valence-electron chi connectivity index (χ0n) is 14.9. The van der Waals surface area contributed by atoms with Crippen molar-refractivity contribution in [1.29, 1.82) is 0 Å². The Labute approximate surface area is 158 Å². The molecule has 0 unspecified atom stereocenters. The number of rotatable bonds is 3. The number of aromatic nitrogens is 2. The molecule has 0 amide bonds. The zero-order valence-corrected chi connectivity index (χ0v) is 14.9. The van der Waals surface area contributed by atoms with Crippen molar-refractivity contribution in [3.05, 3.63) is 116 Å². The van der Waals surface area contributed by atoms with Crippen LogP contribution in [-0.2, 0) is 0 Å². The Morgan fingerprint density at radius 2 is 1.19 bits per heavy atom. The van der Waals surface area contributed by atoms with Crippen LogP contribution >= 0.6 is 0 Å². The number of benzene rings is 4. The van der Waals surface area contributed by atoms with Gasteiger partial charge in [-0.3, -0.25) is 0 Å². The van der Waals surface area contributed by atoms with E-state index in [0.717, 1.165) is 5.69 Å². The normalized spacial score (nSPS) is 11.0. The predicted octanol–water partition coefficient (Wildman–Crippen LogP) is 5.57. The summed E-state index contributed by atoms with van der Waals surface area (Å²) in [5, 5.41) is 0. The number of para-hydroxylation sites is 4. The molecular formula is C25H19N2+. The molecule has 0 aliphatic carbocycles. The van der Waals surface area contributed by atoms with Gasteiger partial charge >= 0.3 is 0 Å². The summed E-state index contributed by atoms with van der Waals surface area (Å²) in [7, 11) is 0. The van der Waals surface area contributed by atoms with E-state index in [-0.39, 0.29) is 0 Å². The summed E-state index contributed by atoms with van der Waals surface area (Å²) < 4.78 is 4.53. The van der Waals surface area contributed by atoms with Gasteiger partial charge in [-0.2, -0.15) is 9.13 Å². The van der Waals surface area contributed by atoms with Crippen LogP contribution in [0.3, 0.4) is 0 Å². The van der Waals surface area contributed by atoms with Gasteiger partial charge in [0, 0.05) is 5.56 Å². The number of hydrogen-bond acceptors (Lipinski definition) is 0. The fourth-order valence-electron chi connectivity index (χ4n) is 3.64. The van der Waals surface area contributed by atoms with Gasteiger partial charge in [-0.15, -0.1) is 0 Å². The molecule has 4 aromatic carbocycles. The zero-order chi connectivity index (χ0) is 18.1. The first kappa shape index (κ1) is 15.6. The average molecular weight is 347 g/mol. The van der Waals surface area contributed by atoms with Crippen LogP contribution in [0.4, 0.5) is 0 Å². The number of hydrogen-bond donors (Lipinski definition) is 0. The summed E-state index contributed by atoms with van der Waals surface area (Å²) in [5.74, 6) is 0. The topological polar surface area (TPSA) is 8.81 Å². The summed E-state index contributed by atoms with van der Waals surface area (Å²) in [6.45, 7) is 0. The summed E-state index contributed by atoms with van der Waals surface area (Å²) >= 11 is 0. The van der Waals surface area contributed by atoms with Crippen molar-refractivity contribution < 1.29 is 4.57 Å². The van der Waals surface area contributed by atoms with E-state index in [1.165, 1.54) is 27.8 Å². The standard InChI is InChI=1S/C25H19N2/c1-3-11-20(12-4-1)22-15-7-8-16-23(22)27-19-26(21-13-5-2-6-14-21)24-17-9-10-18-25(24)27/h1-19H/q+1. The van der Waals surface area contributed by atoms with Crippen LogP contribution < -0.4 is 4.57 Å². The molecule has 5 rings (SSSR count). The highest BCUT2D eigenvalue weighted by Crippen LogP contribution is 2.28. The van der Waals surface area contributed by atoms with E-state index >= 15 is 0 Å². The second-order valence-electron chi connectivity index (χ2n) is 6.56. The summed E-state index contributed by atoms with van der Waals surface area (Å²) in [5.41, 5.74) is 7.15. The third-order valence-corrected chi connectivity index (χ3v) is 4.91. The highest BCUT2D eigenvalue weighted by atomic mass is 15.1. The van der Waals surface area contributed by atoms with Crippen LogP contribution in [0.1, 0.15) is 0 Å². The van der Waals surface area contributed by atoms with Crippen molar-refractivity contribution in [2.75, 3.05) is 0 Å². The molecule has 0 aliphatic rings. The summed E-state index contributed by atoms with van der Waals surface area (Å²) in [6.07, 6.45) is 2.18. The van der Waals surface area contributed by atoms with Gasteiger partial charge in [-0.25, -0.2) is 0 Å². The molecule has 0 saturated carbocycles. The maximum Gasteiger partial charge on any atom is 0.255 e. The predicted molar refractivity (Wildman–Crippen MR) is 110 cm³/mol. The lowest BCUT2D eigenvalue weighted by atomic mass is 10.0. The minimum absolute atomic E-state index is 1.16. The van der Waals surface area contributed by atoms with Crippen molar-refractivity contribution in [3.8, 4) is 22.5 Å². The molecule has 0 spiro atoms. The average Bonchev–Trinajstić information content (AvgIpc) is 3.15. The minimum atomic E-state index is 1.16. The Bertz CT molecular complexity index is 1210. The molecule has 1 aromatic heterocycles.